The monoisotopic (exact) mass is 372 g/mol. The third-order valence-corrected chi connectivity index (χ3v) is 4.03. The Morgan fingerprint density at radius 1 is 1.30 bits per heavy atom. The number of carbonyl (C=O) groups excluding carboxylic acids is 2. The summed E-state index contributed by atoms with van der Waals surface area (Å²) in [5, 5.41) is 0. The summed E-state index contributed by atoms with van der Waals surface area (Å²) in [5.41, 5.74) is 0.618. The number of hydrogen-bond donors (Lipinski definition) is 0. The van der Waals surface area contributed by atoms with Crippen molar-refractivity contribution in [2.45, 2.75) is 32.8 Å². The molecule has 27 heavy (non-hydrogen) atoms. The van der Waals surface area contributed by atoms with Crippen molar-refractivity contribution in [3.05, 3.63) is 36.9 Å². The SMILES string of the molecule is CN(C(=O)n1ccnc1)c1ccc2c(c1)N(C(=O)OC(C)(C)C)CCCO2. The number of amides is 2. The van der Waals surface area contributed by atoms with Gasteiger partial charge < -0.3 is 9.47 Å². The van der Waals surface area contributed by atoms with Crippen LogP contribution in [0.2, 0.25) is 0 Å². The first-order chi connectivity index (χ1) is 12.8. The Hall–Kier alpha value is -3.03. The molecule has 1 aromatic carbocycles. The summed E-state index contributed by atoms with van der Waals surface area (Å²) in [6.07, 6.45) is 4.82. The molecule has 0 fully saturated rings. The van der Waals surface area contributed by atoms with Gasteiger partial charge in [-0.1, -0.05) is 0 Å². The highest BCUT2D eigenvalue weighted by molar-refractivity contribution is 5.96. The van der Waals surface area contributed by atoms with E-state index >= 15 is 0 Å². The van der Waals surface area contributed by atoms with E-state index in [1.165, 1.54) is 15.8 Å². The number of aromatic nitrogens is 2. The molecule has 144 valence electrons. The van der Waals surface area contributed by atoms with E-state index in [-0.39, 0.29) is 6.03 Å². The molecular weight excluding hydrogens is 348 g/mol. The molecule has 3 rings (SSSR count). The van der Waals surface area contributed by atoms with Crippen molar-refractivity contribution in [1.82, 2.24) is 9.55 Å². The second-order valence-corrected chi connectivity index (χ2v) is 7.30. The van der Waals surface area contributed by atoms with Gasteiger partial charge in [-0.2, -0.15) is 0 Å². The topological polar surface area (TPSA) is 76.9 Å². The molecule has 0 spiro atoms. The van der Waals surface area contributed by atoms with Crippen LogP contribution in [-0.2, 0) is 4.74 Å². The van der Waals surface area contributed by atoms with Crippen LogP contribution < -0.4 is 14.5 Å². The van der Waals surface area contributed by atoms with Crippen LogP contribution in [-0.4, -0.2) is 47.5 Å². The summed E-state index contributed by atoms with van der Waals surface area (Å²) in [4.78, 5) is 32.2. The standard InChI is InChI=1S/C19H24N4O4/c1-19(2,3)27-18(25)23-9-5-11-26-16-7-6-14(12-15(16)23)21(4)17(24)22-10-8-20-13-22/h6-8,10,12-13H,5,9,11H2,1-4H3. The molecule has 2 amide bonds. The molecule has 0 atom stereocenters. The van der Waals surface area contributed by atoms with E-state index in [0.29, 0.717) is 36.7 Å². The highest BCUT2D eigenvalue weighted by Crippen LogP contribution is 2.35. The van der Waals surface area contributed by atoms with E-state index in [9.17, 15) is 9.59 Å². The van der Waals surface area contributed by atoms with Crippen molar-refractivity contribution in [1.29, 1.82) is 0 Å². The summed E-state index contributed by atoms with van der Waals surface area (Å²) in [6, 6.07) is 5.06. The number of rotatable bonds is 1. The number of anilines is 2. The Morgan fingerprint density at radius 3 is 2.74 bits per heavy atom. The lowest BCUT2D eigenvalue weighted by Gasteiger charge is -2.27. The summed E-state index contributed by atoms with van der Waals surface area (Å²) < 4.78 is 12.7. The molecule has 8 heteroatoms. The number of imidazole rings is 1. The van der Waals surface area contributed by atoms with Gasteiger partial charge in [0, 0.05) is 31.7 Å². The molecule has 1 aliphatic rings. The van der Waals surface area contributed by atoms with Gasteiger partial charge in [-0.25, -0.2) is 14.6 Å². The number of hydrogen-bond acceptors (Lipinski definition) is 5. The summed E-state index contributed by atoms with van der Waals surface area (Å²) in [7, 11) is 1.67. The first-order valence-electron chi connectivity index (χ1n) is 8.79. The number of benzene rings is 1. The van der Waals surface area contributed by atoms with E-state index in [4.69, 9.17) is 9.47 Å². The highest BCUT2D eigenvalue weighted by Gasteiger charge is 2.28. The zero-order chi connectivity index (χ0) is 19.6. The highest BCUT2D eigenvalue weighted by atomic mass is 16.6. The van der Waals surface area contributed by atoms with Crippen molar-refractivity contribution in [2.75, 3.05) is 30.0 Å². The minimum Gasteiger partial charge on any atom is -0.491 e. The first-order valence-corrected chi connectivity index (χ1v) is 8.79. The van der Waals surface area contributed by atoms with E-state index in [0.717, 1.165) is 0 Å². The third kappa shape index (κ3) is 4.21. The van der Waals surface area contributed by atoms with Crippen LogP contribution in [0, 0.1) is 0 Å². The molecule has 0 radical (unpaired) electrons. The zero-order valence-corrected chi connectivity index (χ0v) is 16.0. The largest absolute Gasteiger partial charge is 0.491 e. The predicted octanol–water partition coefficient (Wildman–Crippen LogP) is 3.51. The fourth-order valence-electron chi connectivity index (χ4n) is 2.74. The second-order valence-electron chi connectivity index (χ2n) is 7.30. The van der Waals surface area contributed by atoms with Gasteiger partial charge >= 0.3 is 12.1 Å². The molecule has 0 N–H and O–H groups in total. The third-order valence-electron chi connectivity index (χ3n) is 4.03. The summed E-state index contributed by atoms with van der Waals surface area (Å²) in [5.74, 6) is 0.589. The van der Waals surface area contributed by atoms with Crippen LogP contribution in [0.4, 0.5) is 21.0 Å². The van der Waals surface area contributed by atoms with Crippen LogP contribution in [0.25, 0.3) is 0 Å². The lowest BCUT2D eigenvalue weighted by Crippen LogP contribution is -2.37. The average Bonchev–Trinajstić information content (AvgIpc) is 3.05. The van der Waals surface area contributed by atoms with Gasteiger partial charge in [-0.05, 0) is 45.4 Å². The molecule has 1 aromatic heterocycles. The van der Waals surface area contributed by atoms with Crippen LogP contribution in [0.3, 0.4) is 0 Å². The maximum Gasteiger partial charge on any atom is 0.414 e. The first kappa shape index (κ1) is 18.8. The Labute approximate surface area is 158 Å². The Bertz CT molecular complexity index is 827. The van der Waals surface area contributed by atoms with E-state index in [1.54, 1.807) is 42.5 Å². The second kappa shape index (κ2) is 7.30. The Kier molecular flexibility index (Phi) is 5.07. The number of fused-ring (bicyclic) bond motifs is 1. The van der Waals surface area contributed by atoms with Crippen molar-refractivity contribution < 1.29 is 19.1 Å². The average molecular weight is 372 g/mol. The van der Waals surface area contributed by atoms with E-state index in [2.05, 4.69) is 4.98 Å². The molecule has 0 aliphatic carbocycles. The molecule has 8 nitrogen and oxygen atoms in total. The Morgan fingerprint density at radius 2 is 2.07 bits per heavy atom. The maximum atomic E-state index is 12.7. The minimum atomic E-state index is -0.601. The number of carbonyl (C=O) groups is 2. The summed E-state index contributed by atoms with van der Waals surface area (Å²) >= 11 is 0. The van der Waals surface area contributed by atoms with E-state index in [1.807, 2.05) is 20.8 Å². The molecule has 0 saturated heterocycles. The van der Waals surface area contributed by atoms with Crippen molar-refractivity contribution in [2.24, 2.45) is 0 Å². The lowest BCUT2D eigenvalue weighted by atomic mass is 10.2. The maximum absolute atomic E-state index is 12.7. The van der Waals surface area contributed by atoms with Crippen molar-refractivity contribution >= 4 is 23.5 Å². The smallest absolute Gasteiger partial charge is 0.414 e. The van der Waals surface area contributed by atoms with Gasteiger partial charge in [-0.15, -0.1) is 0 Å². The number of ether oxygens (including phenoxy) is 2. The molecule has 2 aromatic rings. The van der Waals surface area contributed by atoms with Crippen LogP contribution in [0.1, 0.15) is 27.2 Å². The predicted molar refractivity (Wildman–Crippen MR) is 102 cm³/mol. The van der Waals surface area contributed by atoms with Crippen LogP contribution in [0.15, 0.2) is 36.9 Å². The normalized spacial score (nSPS) is 14.0. The minimum absolute atomic E-state index is 0.259. The fourth-order valence-corrected chi connectivity index (χ4v) is 2.74. The van der Waals surface area contributed by atoms with Gasteiger partial charge in [-0.3, -0.25) is 14.4 Å². The zero-order valence-electron chi connectivity index (χ0n) is 16.0. The van der Waals surface area contributed by atoms with Crippen molar-refractivity contribution in [3.63, 3.8) is 0 Å². The van der Waals surface area contributed by atoms with Gasteiger partial charge in [0.1, 0.15) is 17.7 Å². The Balaban J connectivity index is 1.92. The van der Waals surface area contributed by atoms with Crippen LogP contribution in [0.5, 0.6) is 5.75 Å². The van der Waals surface area contributed by atoms with Gasteiger partial charge in [0.25, 0.3) is 0 Å². The quantitative estimate of drug-likeness (QED) is 0.766. The molecule has 0 unspecified atom stereocenters. The molecule has 0 saturated carbocycles. The van der Waals surface area contributed by atoms with Crippen molar-refractivity contribution in [3.8, 4) is 5.75 Å². The molecule has 1 aliphatic heterocycles. The van der Waals surface area contributed by atoms with Gasteiger partial charge in [0.2, 0.25) is 0 Å². The fraction of sp³-hybridized carbons (Fsp3) is 0.421. The van der Waals surface area contributed by atoms with E-state index < -0.39 is 11.7 Å². The van der Waals surface area contributed by atoms with Gasteiger partial charge in [0.15, 0.2) is 0 Å². The number of nitrogens with zero attached hydrogens (tertiary/aromatic N) is 4. The summed E-state index contributed by atoms with van der Waals surface area (Å²) in [6.45, 7) is 6.47. The molecule has 0 bridgehead atoms. The van der Waals surface area contributed by atoms with Crippen LogP contribution >= 0.6 is 0 Å². The van der Waals surface area contributed by atoms with Gasteiger partial charge in [0.05, 0.1) is 12.3 Å². The molecular formula is C19H24N4O4. The lowest BCUT2D eigenvalue weighted by molar-refractivity contribution is 0.0581. The molecule has 2 heterocycles.